The van der Waals surface area contributed by atoms with E-state index in [-0.39, 0.29) is 33.2 Å². The number of nitrogens with one attached hydrogen (secondary N) is 2. The molecule has 0 atom stereocenters. The number of halogens is 2. The fourth-order valence-corrected chi connectivity index (χ4v) is 6.74. The highest BCUT2D eigenvalue weighted by Gasteiger charge is 2.21. The van der Waals surface area contributed by atoms with Gasteiger partial charge >= 0.3 is 0 Å². The van der Waals surface area contributed by atoms with Crippen LogP contribution in [0.3, 0.4) is 0 Å². The molecular weight excluding hydrogens is 703 g/mol. The molecule has 0 spiro atoms. The van der Waals surface area contributed by atoms with Gasteiger partial charge in [-0.2, -0.15) is 9.36 Å². The van der Waals surface area contributed by atoms with E-state index < -0.39 is 22.2 Å². The maximum atomic E-state index is 14.4. The molecule has 0 radical (unpaired) electrons. The van der Waals surface area contributed by atoms with Crippen molar-refractivity contribution in [2.75, 3.05) is 0 Å². The van der Waals surface area contributed by atoms with Crippen molar-refractivity contribution in [2.45, 2.75) is 0 Å². The molecule has 0 aliphatic rings. The molecule has 0 saturated heterocycles. The summed E-state index contributed by atoms with van der Waals surface area (Å²) < 4.78 is 2.03. The average Bonchev–Trinajstić information content (AvgIpc) is 3.16. The smallest absolute Gasteiger partial charge is 0.267 e. The predicted octanol–water partition coefficient (Wildman–Crippen LogP) is 6.20. The van der Waals surface area contributed by atoms with Crippen LogP contribution in [-0.2, 0) is 0 Å². The van der Waals surface area contributed by atoms with E-state index in [1.54, 1.807) is 85.2 Å². The van der Waals surface area contributed by atoms with E-state index in [4.69, 9.17) is 23.2 Å². The molecule has 6 heterocycles. The van der Waals surface area contributed by atoms with Crippen LogP contribution in [-0.4, -0.2) is 39.5 Å². The number of aromatic nitrogens is 8. The summed E-state index contributed by atoms with van der Waals surface area (Å²) >= 11 is 12.7. The van der Waals surface area contributed by atoms with Crippen molar-refractivity contribution in [3.63, 3.8) is 0 Å². The summed E-state index contributed by atoms with van der Waals surface area (Å²) in [6, 6.07) is 27.2. The number of aromatic amines is 2. The molecule has 0 saturated carbocycles. The lowest BCUT2D eigenvalue weighted by Crippen LogP contribution is -2.32. The van der Waals surface area contributed by atoms with E-state index >= 15 is 0 Å². The first-order valence-electron chi connectivity index (χ1n) is 15.8. The molecule has 0 amide bonds. The Morgan fingerprint density at radius 3 is 1.38 bits per heavy atom. The summed E-state index contributed by atoms with van der Waals surface area (Å²) in [4.78, 5) is 74.1. The van der Waals surface area contributed by atoms with Gasteiger partial charge in [-0.15, -0.1) is 0 Å². The van der Waals surface area contributed by atoms with Crippen molar-refractivity contribution in [1.82, 2.24) is 39.5 Å². The standard InChI is InChI=1S/C38H20Cl2N8O4/c39-23-9-1-5-19(13-23)25-15-21-7-3-11-41-31(21)43-33(25)47-37(51)29-18-30-28(17-27(29)35(49)45-47)36(50)46-48(38(30)52)34-26(20-6-2-10-24(40)14-20)16-22-8-4-12-42-32(22)44-34/h1-18H,(H,45,49)(H,46,50). The average molecular weight is 724 g/mol. The molecule has 52 heavy (non-hydrogen) atoms. The molecular formula is C38H20Cl2N8O4. The molecule has 0 aliphatic carbocycles. The molecule has 250 valence electrons. The molecule has 2 N–H and O–H groups in total. The van der Waals surface area contributed by atoms with E-state index in [9.17, 15) is 19.2 Å². The van der Waals surface area contributed by atoms with Gasteiger partial charge in [0.05, 0.1) is 21.5 Å². The minimum atomic E-state index is -0.693. The summed E-state index contributed by atoms with van der Waals surface area (Å²) in [6.45, 7) is 0. The van der Waals surface area contributed by atoms with Crippen molar-refractivity contribution >= 4 is 66.8 Å². The second-order valence-electron chi connectivity index (χ2n) is 11.9. The van der Waals surface area contributed by atoms with Crippen molar-refractivity contribution in [3.8, 4) is 33.9 Å². The Balaban J connectivity index is 1.32. The van der Waals surface area contributed by atoms with Crippen LogP contribution >= 0.6 is 23.2 Å². The number of pyridine rings is 4. The molecule has 0 aliphatic heterocycles. The third kappa shape index (κ3) is 5.08. The number of rotatable bonds is 4. The quantitative estimate of drug-likeness (QED) is 0.203. The van der Waals surface area contributed by atoms with Gasteiger partial charge in [-0.25, -0.2) is 19.9 Å². The van der Waals surface area contributed by atoms with Crippen LogP contribution in [0.25, 0.3) is 77.5 Å². The Labute approximate surface area is 300 Å². The Morgan fingerprint density at radius 2 is 0.942 bits per heavy atom. The van der Waals surface area contributed by atoms with Crippen molar-refractivity contribution in [2.24, 2.45) is 0 Å². The topological polar surface area (TPSA) is 161 Å². The fourth-order valence-electron chi connectivity index (χ4n) is 6.36. The van der Waals surface area contributed by atoms with Crippen LogP contribution in [0.1, 0.15) is 0 Å². The minimum Gasteiger partial charge on any atom is -0.267 e. The van der Waals surface area contributed by atoms with Gasteiger partial charge in [0, 0.05) is 44.3 Å². The summed E-state index contributed by atoms with van der Waals surface area (Å²) in [6.07, 6.45) is 3.13. The third-order valence-corrected chi connectivity index (χ3v) is 9.24. The first kappa shape index (κ1) is 31.2. The van der Waals surface area contributed by atoms with E-state index in [0.717, 1.165) is 9.36 Å². The zero-order valence-corrected chi connectivity index (χ0v) is 28.0. The lowest BCUT2D eigenvalue weighted by Gasteiger charge is -2.14. The van der Waals surface area contributed by atoms with Crippen molar-refractivity contribution in [3.05, 3.63) is 161 Å². The molecule has 6 aromatic heterocycles. The van der Waals surface area contributed by atoms with E-state index in [0.29, 0.717) is 54.4 Å². The first-order valence-corrected chi connectivity index (χ1v) is 16.5. The summed E-state index contributed by atoms with van der Waals surface area (Å²) in [7, 11) is 0. The fraction of sp³-hybridized carbons (Fsp3) is 0. The lowest BCUT2D eigenvalue weighted by atomic mass is 10.0. The van der Waals surface area contributed by atoms with Gasteiger partial charge in [0.25, 0.3) is 22.2 Å². The highest BCUT2D eigenvalue weighted by molar-refractivity contribution is 6.31. The van der Waals surface area contributed by atoms with Gasteiger partial charge < -0.3 is 0 Å². The number of H-pyrrole nitrogens is 2. The Bertz CT molecular complexity index is 3010. The van der Waals surface area contributed by atoms with Gasteiger partial charge in [0.15, 0.2) is 22.9 Å². The van der Waals surface area contributed by atoms with Gasteiger partial charge in [-0.3, -0.25) is 29.4 Å². The number of hydrogen-bond acceptors (Lipinski definition) is 8. The van der Waals surface area contributed by atoms with Crippen LogP contribution in [0.5, 0.6) is 0 Å². The van der Waals surface area contributed by atoms with Crippen molar-refractivity contribution in [1.29, 1.82) is 0 Å². The van der Waals surface area contributed by atoms with Crippen LogP contribution in [0.4, 0.5) is 0 Å². The zero-order valence-electron chi connectivity index (χ0n) is 26.5. The molecule has 12 nitrogen and oxygen atoms in total. The van der Waals surface area contributed by atoms with Crippen LogP contribution in [0.2, 0.25) is 10.0 Å². The van der Waals surface area contributed by atoms with Gasteiger partial charge in [-0.1, -0.05) is 47.5 Å². The SMILES string of the molecule is O=c1[nH]n(-c2nc3ncccc3cc2-c2cccc(Cl)c2)c(=O)c2cc3c(=O)n(-c4nc5ncccc5cc4-c4cccc(Cl)c4)[nH]c(=O)c3cc12. The first-order chi connectivity index (χ1) is 25.2. The molecule has 9 aromatic rings. The van der Waals surface area contributed by atoms with Gasteiger partial charge in [-0.05, 0) is 83.9 Å². The number of hydrogen-bond donors (Lipinski definition) is 2. The third-order valence-electron chi connectivity index (χ3n) is 8.77. The van der Waals surface area contributed by atoms with Gasteiger partial charge in [0.1, 0.15) is 0 Å². The normalized spacial score (nSPS) is 11.6. The van der Waals surface area contributed by atoms with Crippen LogP contribution < -0.4 is 22.2 Å². The molecule has 3 aromatic carbocycles. The molecule has 9 rings (SSSR count). The minimum absolute atomic E-state index is 0.0833. The summed E-state index contributed by atoms with van der Waals surface area (Å²) in [5.74, 6) is 0.167. The van der Waals surface area contributed by atoms with Crippen molar-refractivity contribution < 1.29 is 0 Å². The maximum absolute atomic E-state index is 14.4. The highest BCUT2D eigenvalue weighted by Crippen LogP contribution is 2.31. The van der Waals surface area contributed by atoms with Crippen LogP contribution in [0.15, 0.2) is 129 Å². The Kier molecular flexibility index (Phi) is 7.17. The monoisotopic (exact) mass is 722 g/mol. The van der Waals surface area contributed by atoms with E-state index in [1.807, 2.05) is 12.1 Å². The number of nitrogens with zero attached hydrogens (tertiary/aromatic N) is 6. The lowest BCUT2D eigenvalue weighted by molar-refractivity contribution is 0.778. The molecule has 0 unspecified atom stereocenters. The molecule has 14 heteroatoms. The second-order valence-corrected chi connectivity index (χ2v) is 12.8. The summed E-state index contributed by atoms with van der Waals surface area (Å²) in [5, 5.41) is 7.10. The Morgan fingerprint density at radius 1 is 0.500 bits per heavy atom. The van der Waals surface area contributed by atoms with Crippen LogP contribution in [0, 0.1) is 0 Å². The maximum Gasteiger partial charge on any atom is 0.279 e. The highest BCUT2D eigenvalue weighted by atomic mass is 35.5. The predicted molar refractivity (Wildman–Crippen MR) is 201 cm³/mol. The van der Waals surface area contributed by atoms with E-state index in [1.165, 1.54) is 12.1 Å². The number of benzene rings is 3. The molecule has 0 bridgehead atoms. The second kappa shape index (κ2) is 11.9. The number of fused-ring (bicyclic) bond motifs is 4. The zero-order chi connectivity index (χ0) is 35.7. The molecule has 0 fully saturated rings. The largest absolute Gasteiger partial charge is 0.279 e. The Hall–Kier alpha value is -6.76. The van der Waals surface area contributed by atoms with Gasteiger partial charge in [0.2, 0.25) is 0 Å². The summed E-state index contributed by atoms with van der Waals surface area (Å²) in [5.41, 5.74) is 0.144. The van der Waals surface area contributed by atoms with E-state index in [2.05, 4.69) is 30.1 Å².